The van der Waals surface area contributed by atoms with Gasteiger partial charge in [-0.25, -0.2) is 8.78 Å². The molecule has 0 aliphatic rings. The predicted octanol–water partition coefficient (Wildman–Crippen LogP) is 5.02. The molecule has 0 amide bonds. The fraction of sp³-hybridized carbons (Fsp3) is 0.188. The number of aliphatic carboxylic acids is 1. The van der Waals surface area contributed by atoms with Crippen molar-refractivity contribution in [1.82, 2.24) is 0 Å². The van der Waals surface area contributed by atoms with Gasteiger partial charge in [0, 0.05) is 5.92 Å². The van der Waals surface area contributed by atoms with E-state index in [1.54, 1.807) is 6.92 Å². The Morgan fingerprint density at radius 2 is 2.19 bits per heavy atom. The van der Waals surface area contributed by atoms with E-state index in [9.17, 15) is 13.6 Å². The molecule has 1 N–H and O–H groups in total. The van der Waals surface area contributed by atoms with Crippen LogP contribution in [0.1, 0.15) is 24.8 Å². The molecule has 0 aliphatic carbocycles. The summed E-state index contributed by atoms with van der Waals surface area (Å²) in [4.78, 5) is 11.0. The molecule has 112 valence electrons. The quantitative estimate of drug-likeness (QED) is 0.749. The zero-order valence-electron chi connectivity index (χ0n) is 11.4. The Labute approximate surface area is 127 Å². The lowest BCUT2D eigenvalue weighted by Crippen LogP contribution is -2.08. The summed E-state index contributed by atoms with van der Waals surface area (Å²) in [5.74, 6) is -3.02. The standard InChI is InChI=1S/C16H15ClF2O2/c1-3-4-12(18)7-10(2)13(9-16(20)21)11-5-6-14(17)15(19)8-11/h3-8,13H,2,9H2,1H3,(H,20,21)/b4-3-,12-7+/t13-/m1/s1. The summed E-state index contributed by atoms with van der Waals surface area (Å²) in [6.45, 7) is 5.34. The van der Waals surface area contributed by atoms with Gasteiger partial charge in [0.1, 0.15) is 11.6 Å². The maximum atomic E-state index is 13.5. The Bertz CT molecular complexity index is 606. The third-order valence-electron chi connectivity index (χ3n) is 2.82. The average Bonchev–Trinajstić information content (AvgIpc) is 2.39. The number of carboxylic acids is 1. The van der Waals surface area contributed by atoms with E-state index in [1.165, 1.54) is 24.3 Å². The van der Waals surface area contributed by atoms with Gasteiger partial charge in [-0.3, -0.25) is 4.79 Å². The molecule has 0 saturated heterocycles. The lowest BCUT2D eigenvalue weighted by atomic mass is 9.88. The largest absolute Gasteiger partial charge is 0.481 e. The first-order valence-corrected chi connectivity index (χ1v) is 6.58. The van der Waals surface area contributed by atoms with Crippen LogP contribution in [0.3, 0.4) is 0 Å². The minimum Gasteiger partial charge on any atom is -0.481 e. The highest BCUT2D eigenvalue weighted by Crippen LogP contribution is 2.31. The summed E-state index contributed by atoms with van der Waals surface area (Å²) >= 11 is 5.60. The predicted molar refractivity (Wildman–Crippen MR) is 79.5 cm³/mol. The topological polar surface area (TPSA) is 37.3 Å². The maximum Gasteiger partial charge on any atom is 0.304 e. The summed E-state index contributed by atoms with van der Waals surface area (Å²) < 4.78 is 27.0. The minimum absolute atomic E-state index is 0.0610. The van der Waals surface area contributed by atoms with Crippen molar-refractivity contribution in [3.63, 3.8) is 0 Å². The highest BCUT2D eigenvalue weighted by molar-refractivity contribution is 6.30. The normalized spacial score (nSPS) is 13.4. The first-order chi connectivity index (χ1) is 9.85. The summed E-state index contributed by atoms with van der Waals surface area (Å²) in [6, 6.07) is 3.98. The van der Waals surface area contributed by atoms with Crippen LogP contribution in [0, 0.1) is 5.82 Å². The highest BCUT2D eigenvalue weighted by atomic mass is 35.5. The van der Waals surface area contributed by atoms with Crippen molar-refractivity contribution in [1.29, 1.82) is 0 Å². The lowest BCUT2D eigenvalue weighted by molar-refractivity contribution is -0.137. The second-order valence-electron chi connectivity index (χ2n) is 4.43. The third kappa shape index (κ3) is 5.16. The van der Waals surface area contributed by atoms with Crippen LogP contribution < -0.4 is 0 Å². The van der Waals surface area contributed by atoms with Gasteiger partial charge in [0.15, 0.2) is 0 Å². The monoisotopic (exact) mass is 312 g/mol. The molecule has 0 heterocycles. The molecule has 21 heavy (non-hydrogen) atoms. The molecule has 1 aromatic rings. The smallest absolute Gasteiger partial charge is 0.304 e. The van der Waals surface area contributed by atoms with E-state index in [2.05, 4.69) is 6.58 Å². The van der Waals surface area contributed by atoms with Crippen molar-refractivity contribution in [3.05, 3.63) is 70.8 Å². The van der Waals surface area contributed by atoms with Gasteiger partial charge in [0.2, 0.25) is 0 Å². The molecule has 1 atom stereocenters. The van der Waals surface area contributed by atoms with Gasteiger partial charge >= 0.3 is 5.97 Å². The SMILES string of the molecule is C=C(/C=C(F)\C=C/C)[C@@H](CC(=O)O)c1ccc(Cl)c(F)c1. The Kier molecular flexibility index (Phi) is 6.31. The van der Waals surface area contributed by atoms with Crippen LogP contribution in [0.2, 0.25) is 5.02 Å². The van der Waals surface area contributed by atoms with Gasteiger partial charge in [0.05, 0.1) is 11.4 Å². The van der Waals surface area contributed by atoms with Crippen LogP contribution >= 0.6 is 11.6 Å². The van der Waals surface area contributed by atoms with E-state index in [0.29, 0.717) is 5.56 Å². The molecule has 0 radical (unpaired) electrons. The summed E-state index contributed by atoms with van der Waals surface area (Å²) in [5, 5.41) is 8.91. The van der Waals surface area contributed by atoms with Crippen molar-refractivity contribution < 1.29 is 18.7 Å². The van der Waals surface area contributed by atoms with E-state index < -0.39 is 23.5 Å². The van der Waals surface area contributed by atoms with Crippen LogP contribution in [0.5, 0.6) is 0 Å². The van der Waals surface area contributed by atoms with E-state index in [4.69, 9.17) is 16.7 Å². The zero-order valence-corrected chi connectivity index (χ0v) is 12.2. The number of rotatable bonds is 6. The number of hydrogen-bond acceptors (Lipinski definition) is 1. The number of benzene rings is 1. The number of hydrogen-bond donors (Lipinski definition) is 1. The van der Waals surface area contributed by atoms with Crippen LogP contribution in [0.25, 0.3) is 0 Å². The molecular formula is C16H15ClF2O2. The van der Waals surface area contributed by atoms with Crippen molar-refractivity contribution in [3.8, 4) is 0 Å². The Hall–Kier alpha value is -1.94. The molecule has 0 aromatic heterocycles. The molecule has 5 heteroatoms. The number of carboxylic acid groups (broad SMARTS) is 1. The van der Waals surface area contributed by atoms with Crippen LogP contribution in [0.4, 0.5) is 8.78 Å². The van der Waals surface area contributed by atoms with Crippen molar-refractivity contribution in [2.75, 3.05) is 0 Å². The van der Waals surface area contributed by atoms with E-state index in [1.807, 2.05) is 0 Å². The maximum absolute atomic E-state index is 13.5. The van der Waals surface area contributed by atoms with Gasteiger partial charge in [-0.05, 0) is 42.3 Å². The fourth-order valence-electron chi connectivity index (χ4n) is 1.85. The molecule has 1 rings (SSSR count). The second kappa shape index (κ2) is 7.74. The molecule has 0 bridgehead atoms. The van der Waals surface area contributed by atoms with Gasteiger partial charge < -0.3 is 5.11 Å². The van der Waals surface area contributed by atoms with E-state index in [0.717, 1.165) is 12.1 Å². The van der Waals surface area contributed by atoms with E-state index in [-0.39, 0.29) is 17.0 Å². The average molecular weight is 313 g/mol. The Balaban J connectivity index is 3.16. The molecule has 0 spiro atoms. The highest BCUT2D eigenvalue weighted by Gasteiger charge is 2.19. The number of halogens is 3. The summed E-state index contributed by atoms with van der Waals surface area (Å²) in [7, 11) is 0. The first-order valence-electron chi connectivity index (χ1n) is 6.20. The van der Waals surface area contributed by atoms with Crippen molar-refractivity contribution in [2.45, 2.75) is 19.3 Å². The lowest BCUT2D eigenvalue weighted by Gasteiger charge is -2.16. The van der Waals surface area contributed by atoms with Crippen molar-refractivity contribution >= 4 is 17.6 Å². The number of allylic oxidation sites excluding steroid dienone is 5. The Morgan fingerprint density at radius 3 is 2.71 bits per heavy atom. The fourth-order valence-corrected chi connectivity index (χ4v) is 1.97. The number of carbonyl (C=O) groups is 1. The van der Waals surface area contributed by atoms with Gasteiger partial charge in [-0.15, -0.1) is 0 Å². The molecule has 0 saturated carbocycles. The summed E-state index contributed by atoms with van der Waals surface area (Å²) in [5.41, 5.74) is 0.628. The van der Waals surface area contributed by atoms with Crippen LogP contribution in [-0.2, 0) is 4.79 Å². The van der Waals surface area contributed by atoms with Crippen molar-refractivity contribution in [2.24, 2.45) is 0 Å². The summed E-state index contributed by atoms with van der Waals surface area (Å²) in [6.07, 6.45) is 3.55. The molecule has 1 aromatic carbocycles. The third-order valence-corrected chi connectivity index (χ3v) is 3.13. The first kappa shape index (κ1) is 17.1. The van der Waals surface area contributed by atoms with Gasteiger partial charge in [-0.1, -0.05) is 30.3 Å². The zero-order chi connectivity index (χ0) is 16.0. The molecular weight excluding hydrogens is 298 g/mol. The van der Waals surface area contributed by atoms with E-state index >= 15 is 0 Å². The van der Waals surface area contributed by atoms with Crippen LogP contribution in [0.15, 0.2) is 54.4 Å². The molecule has 0 unspecified atom stereocenters. The van der Waals surface area contributed by atoms with Crippen LogP contribution in [-0.4, -0.2) is 11.1 Å². The van der Waals surface area contributed by atoms with Gasteiger partial charge in [0.25, 0.3) is 0 Å². The Morgan fingerprint density at radius 1 is 1.52 bits per heavy atom. The molecule has 0 fully saturated rings. The molecule has 2 nitrogen and oxygen atoms in total. The molecule has 0 aliphatic heterocycles. The minimum atomic E-state index is -1.09. The second-order valence-corrected chi connectivity index (χ2v) is 4.84. The van der Waals surface area contributed by atoms with Gasteiger partial charge in [-0.2, -0.15) is 0 Å².